The number of carbonyl (C=O) groups excluding carboxylic acids is 2. The van der Waals surface area contributed by atoms with Crippen LogP contribution in [0.3, 0.4) is 0 Å². The summed E-state index contributed by atoms with van der Waals surface area (Å²) >= 11 is 0. The van der Waals surface area contributed by atoms with Gasteiger partial charge in [-0.2, -0.15) is 0 Å². The summed E-state index contributed by atoms with van der Waals surface area (Å²) in [6.45, 7) is 3.64. The van der Waals surface area contributed by atoms with E-state index in [1.54, 1.807) is 66.7 Å². The Hall–Kier alpha value is -3.81. The molecule has 0 unspecified atom stereocenters. The number of methoxy groups -OCH3 is 2. The van der Waals surface area contributed by atoms with E-state index in [1.807, 2.05) is 13.8 Å². The van der Waals surface area contributed by atoms with E-state index in [4.69, 9.17) is 9.47 Å². The van der Waals surface area contributed by atoms with Crippen LogP contribution in [0.5, 0.6) is 11.5 Å². The normalized spacial score (nSPS) is 10.6. The molecule has 1 aromatic heterocycles. The van der Waals surface area contributed by atoms with Crippen LogP contribution < -0.4 is 20.1 Å². The Morgan fingerprint density at radius 1 is 0.967 bits per heavy atom. The zero-order valence-electron chi connectivity index (χ0n) is 17.3. The molecule has 1 heterocycles. The molecule has 3 rings (SSSR count). The number of nitrogens with one attached hydrogen (secondary N) is 2. The molecule has 0 bridgehead atoms. The van der Waals surface area contributed by atoms with Gasteiger partial charge in [-0.15, -0.1) is 0 Å². The predicted molar refractivity (Wildman–Crippen MR) is 115 cm³/mol. The average molecular weight is 408 g/mol. The fourth-order valence-corrected chi connectivity index (χ4v) is 2.70. The fraction of sp³-hybridized carbons (Fsp3) is 0.227. The first-order valence-corrected chi connectivity index (χ1v) is 9.40. The number of imidazole rings is 1. The Morgan fingerprint density at radius 2 is 1.67 bits per heavy atom. The molecule has 0 aliphatic carbocycles. The Balaban J connectivity index is 1.69. The van der Waals surface area contributed by atoms with Gasteiger partial charge in [0.15, 0.2) is 17.3 Å². The van der Waals surface area contributed by atoms with Gasteiger partial charge in [-0.05, 0) is 36.4 Å². The lowest BCUT2D eigenvalue weighted by molar-refractivity contribution is -0.118. The van der Waals surface area contributed by atoms with Gasteiger partial charge in [0.2, 0.25) is 5.91 Å². The lowest BCUT2D eigenvalue weighted by atomic mass is 10.2. The third-order valence-corrected chi connectivity index (χ3v) is 4.43. The van der Waals surface area contributed by atoms with Gasteiger partial charge in [-0.3, -0.25) is 9.59 Å². The lowest BCUT2D eigenvalue weighted by Crippen LogP contribution is -2.17. The van der Waals surface area contributed by atoms with E-state index in [0.29, 0.717) is 28.6 Å². The van der Waals surface area contributed by atoms with Crippen LogP contribution in [0.4, 0.5) is 11.5 Å². The minimum absolute atomic E-state index is 0.0950. The zero-order valence-corrected chi connectivity index (χ0v) is 17.3. The maximum atomic E-state index is 12.6. The van der Waals surface area contributed by atoms with Crippen molar-refractivity contribution in [3.8, 4) is 17.2 Å². The van der Waals surface area contributed by atoms with Gasteiger partial charge in [-0.1, -0.05) is 13.8 Å². The number of ether oxygens (including phenoxy) is 2. The Kier molecular flexibility index (Phi) is 6.36. The molecule has 0 radical (unpaired) electrons. The first kappa shape index (κ1) is 20.9. The van der Waals surface area contributed by atoms with Crippen LogP contribution >= 0.6 is 0 Å². The van der Waals surface area contributed by atoms with Crippen LogP contribution in [0.1, 0.15) is 24.2 Å². The first-order valence-electron chi connectivity index (χ1n) is 9.40. The Labute approximate surface area is 174 Å². The molecular formula is C22H24N4O4. The summed E-state index contributed by atoms with van der Waals surface area (Å²) in [6.07, 6.45) is 3.33. The number of benzene rings is 2. The Bertz CT molecular complexity index is 1040. The molecule has 0 fully saturated rings. The van der Waals surface area contributed by atoms with Crippen LogP contribution in [0.2, 0.25) is 0 Å². The van der Waals surface area contributed by atoms with Crippen molar-refractivity contribution in [2.75, 3.05) is 24.9 Å². The maximum Gasteiger partial charge on any atom is 0.255 e. The summed E-state index contributed by atoms with van der Waals surface area (Å²) in [4.78, 5) is 28.5. The molecule has 0 aliphatic rings. The van der Waals surface area contributed by atoms with Crippen molar-refractivity contribution in [2.45, 2.75) is 13.8 Å². The first-order chi connectivity index (χ1) is 14.4. The minimum atomic E-state index is -0.246. The van der Waals surface area contributed by atoms with Crippen molar-refractivity contribution in [1.29, 1.82) is 0 Å². The third kappa shape index (κ3) is 4.78. The standard InChI is InChI=1S/C22H24N4O4/c1-14(2)21(27)25-20-12-26(13-23-20)17-8-5-15(6-9-17)22(28)24-16-7-10-18(29-3)19(11-16)30-4/h5-14H,1-4H3,(H,24,28)(H,25,27). The number of carbonyl (C=O) groups is 2. The van der Waals surface area contributed by atoms with Gasteiger partial charge in [0.05, 0.1) is 20.4 Å². The molecule has 2 amide bonds. The highest BCUT2D eigenvalue weighted by Crippen LogP contribution is 2.30. The number of rotatable bonds is 7. The van der Waals surface area contributed by atoms with Crippen LogP contribution in [0.25, 0.3) is 5.69 Å². The molecule has 2 N–H and O–H groups in total. The third-order valence-electron chi connectivity index (χ3n) is 4.43. The van der Waals surface area contributed by atoms with E-state index in [9.17, 15) is 9.59 Å². The number of anilines is 2. The molecule has 3 aromatic rings. The van der Waals surface area contributed by atoms with Crippen molar-refractivity contribution in [3.63, 3.8) is 0 Å². The van der Waals surface area contributed by atoms with E-state index < -0.39 is 0 Å². The van der Waals surface area contributed by atoms with Gasteiger partial charge in [0, 0.05) is 28.9 Å². The molecule has 8 heteroatoms. The summed E-state index contributed by atoms with van der Waals surface area (Å²) in [5.41, 5.74) is 1.92. The second-order valence-corrected chi connectivity index (χ2v) is 6.88. The topological polar surface area (TPSA) is 94.5 Å². The molecular weight excluding hydrogens is 384 g/mol. The minimum Gasteiger partial charge on any atom is -0.493 e. The summed E-state index contributed by atoms with van der Waals surface area (Å²) in [5, 5.41) is 5.59. The number of nitrogens with zero attached hydrogens (tertiary/aromatic N) is 2. The summed E-state index contributed by atoms with van der Waals surface area (Å²) in [6, 6.07) is 12.2. The lowest BCUT2D eigenvalue weighted by Gasteiger charge is -2.11. The molecule has 156 valence electrons. The van der Waals surface area contributed by atoms with Crippen LogP contribution in [0.15, 0.2) is 55.0 Å². The summed E-state index contributed by atoms with van der Waals surface area (Å²) in [7, 11) is 3.09. The average Bonchev–Trinajstić information content (AvgIpc) is 3.22. The summed E-state index contributed by atoms with van der Waals surface area (Å²) in [5.74, 6) is 1.13. The Morgan fingerprint density at radius 3 is 2.30 bits per heavy atom. The van der Waals surface area contributed by atoms with Crippen LogP contribution in [-0.2, 0) is 4.79 Å². The number of hydrogen-bond acceptors (Lipinski definition) is 5. The monoisotopic (exact) mass is 408 g/mol. The number of amides is 2. The van der Waals surface area contributed by atoms with E-state index in [1.165, 1.54) is 7.11 Å². The van der Waals surface area contributed by atoms with Gasteiger partial charge >= 0.3 is 0 Å². The second kappa shape index (κ2) is 9.13. The van der Waals surface area contributed by atoms with E-state index >= 15 is 0 Å². The largest absolute Gasteiger partial charge is 0.493 e. The van der Waals surface area contributed by atoms with Crippen LogP contribution in [-0.4, -0.2) is 35.6 Å². The highest BCUT2D eigenvalue weighted by atomic mass is 16.5. The second-order valence-electron chi connectivity index (χ2n) is 6.88. The molecule has 0 atom stereocenters. The summed E-state index contributed by atoms with van der Waals surface area (Å²) < 4.78 is 12.2. The molecule has 2 aromatic carbocycles. The zero-order chi connectivity index (χ0) is 21.7. The van der Waals surface area contributed by atoms with Crippen molar-refractivity contribution < 1.29 is 19.1 Å². The van der Waals surface area contributed by atoms with Crippen molar-refractivity contribution in [3.05, 3.63) is 60.6 Å². The molecule has 0 saturated heterocycles. The van der Waals surface area contributed by atoms with E-state index in [-0.39, 0.29) is 17.7 Å². The molecule has 30 heavy (non-hydrogen) atoms. The molecule has 0 spiro atoms. The number of hydrogen-bond donors (Lipinski definition) is 2. The maximum absolute atomic E-state index is 12.6. The molecule has 0 aliphatic heterocycles. The SMILES string of the molecule is COc1ccc(NC(=O)c2ccc(-n3cnc(NC(=O)C(C)C)c3)cc2)cc1OC. The van der Waals surface area contributed by atoms with Crippen molar-refractivity contribution >= 4 is 23.3 Å². The van der Waals surface area contributed by atoms with E-state index in [0.717, 1.165) is 5.69 Å². The van der Waals surface area contributed by atoms with Gasteiger partial charge in [-0.25, -0.2) is 4.98 Å². The molecule has 0 saturated carbocycles. The van der Waals surface area contributed by atoms with Crippen molar-refractivity contribution in [2.24, 2.45) is 5.92 Å². The van der Waals surface area contributed by atoms with Gasteiger partial charge < -0.3 is 24.7 Å². The van der Waals surface area contributed by atoms with Gasteiger partial charge in [0.1, 0.15) is 6.33 Å². The number of aromatic nitrogens is 2. The predicted octanol–water partition coefficient (Wildman–Crippen LogP) is 3.74. The quantitative estimate of drug-likeness (QED) is 0.621. The smallest absolute Gasteiger partial charge is 0.255 e. The molecule has 8 nitrogen and oxygen atoms in total. The van der Waals surface area contributed by atoms with E-state index in [2.05, 4.69) is 15.6 Å². The van der Waals surface area contributed by atoms with Crippen molar-refractivity contribution in [1.82, 2.24) is 9.55 Å². The van der Waals surface area contributed by atoms with Gasteiger partial charge in [0.25, 0.3) is 5.91 Å². The highest BCUT2D eigenvalue weighted by Gasteiger charge is 2.11. The van der Waals surface area contributed by atoms with Crippen LogP contribution in [0, 0.1) is 5.92 Å². The fourth-order valence-electron chi connectivity index (χ4n) is 2.70. The highest BCUT2D eigenvalue weighted by molar-refractivity contribution is 6.04.